The summed E-state index contributed by atoms with van der Waals surface area (Å²) in [6.07, 6.45) is 1.64. The molecule has 1 fully saturated rings. The van der Waals surface area contributed by atoms with Crippen molar-refractivity contribution in [3.63, 3.8) is 0 Å². The van der Waals surface area contributed by atoms with E-state index in [9.17, 15) is 9.59 Å². The Morgan fingerprint density at radius 1 is 1.15 bits per heavy atom. The zero-order chi connectivity index (χ0) is 18.4. The van der Waals surface area contributed by atoms with Crippen molar-refractivity contribution in [2.45, 2.75) is 13.3 Å². The van der Waals surface area contributed by atoms with E-state index in [1.165, 1.54) is 5.56 Å². The summed E-state index contributed by atoms with van der Waals surface area (Å²) in [6.45, 7) is 5.01. The fourth-order valence-corrected chi connectivity index (χ4v) is 2.89. The molecule has 2 amide bonds. The van der Waals surface area contributed by atoms with Crippen LogP contribution in [-0.4, -0.2) is 59.9 Å². The van der Waals surface area contributed by atoms with E-state index < -0.39 is 0 Å². The number of aromatic nitrogens is 2. The maximum atomic E-state index is 12.4. The minimum Gasteiger partial charge on any atom is -0.350 e. The molecular formula is C19H23N5O2. The van der Waals surface area contributed by atoms with E-state index in [-0.39, 0.29) is 5.91 Å². The predicted molar refractivity (Wildman–Crippen MR) is 99.1 cm³/mol. The molecule has 7 nitrogen and oxygen atoms in total. The van der Waals surface area contributed by atoms with Crippen LogP contribution in [0.3, 0.4) is 0 Å². The van der Waals surface area contributed by atoms with Crippen LogP contribution in [0.2, 0.25) is 0 Å². The van der Waals surface area contributed by atoms with Crippen LogP contribution < -0.4 is 10.2 Å². The second-order valence-corrected chi connectivity index (χ2v) is 6.31. The highest BCUT2D eigenvalue weighted by molar-refractivity contribution is 5.92. The first-order chi connectivity index (χ1) is 12.7. The monoisotopic (exact) mass is 353 g/mol. The van der Waals surface area contributed by atoms with Gasteiger partial charge >= 0.3 is 0 Å². The molecule has 0 spiro atoms. The normalized spacial score (nSPS) is 14.2. The number of carbonyl (C=O) groups excluding carboxylic acids is 2. The molecule has 1 saturated heterocycles. The number of anilines is 1. The van der Waals surface area contributed by atoms with Crippen LogP contribution in [-0.2, 0) is 11.2 Å². The first kappa shape index (κ1) is 17.8. The van der Waals surface area contributed by atoms with Gasteiger partial charge < -0.3 is 15.1 Å². The lowest BCUT2D eigenvalue weighted by atomic mass is 10.1. The number of amides is 2. The molecule has 2 heterocycles. The maximum Gasteiger partial charge on any atom is 0.270 e. The van der Waals surface area contributed by atoms with Crippen molar-refractivity contribution in [1.29, 1.82) is 0 Å². The van der Waals surface area contributed by atoms with Crippen LogP contribution in [0, 0.1) is 6.92 Å². The molecule has 0 atom stereocenters. The SMILES string of the molecule is Cc1cc(C(=O)NCCc2ccccc2)nc(N2CCN(C=O)CC2)n1. The van der Waals surface area contributed by atoms with E-state index >= 15 is 0 Å². The summed E-state index contributed by atoms with van der Waals surface area (Å²) >= 11 is 0. The number of nitrogens with one attached hydrogen (secondary N) is 1. The minimum atomic E-state index is -0.195. The lowest BCUT2D eigenvalue weighted by Crippen LogP contribution is -2.46. The molecule has 0 radical (unpaired) electrons. The molecule has 0 bridgehead atoms. The Bertz CT molecular complexity index is 758. The van der Waals surface area contributed by atoms with Crippen molar-refractivity contribution < 1.29 is 9.59 Å². The average molecular weight is 353 g/mol. The summed E-state index contributed by atoms with van der Waals surface area (Å²) in [5.74, 6) is 0.350. The van der Waals surface area contributed by atoms with E-state index in [1.54, 1.807) is 11.0 Å². The number of aryl methyl sites for hydroxylation is 1. The number of rotatable bonds is 6. The Balaban J connectivity index is 1.61. The summed E-state index contributed by atoms with van der Waals surface area (Å²) in [7, 11) is 0. The predicted octanol–water partition coefficient (Wildman–Crippen LogP) is 1.04. The summed E-state index contributed by atoms with van der Waals surface area (Å²) < 4.78 is 0. The molecule has 3 rings (SSSR count). The van der Waals surface area contributed by atoms with Crippen LogP contribution in [0.1, 0.15) is 21.7 Å². The molecule has 0 aliphatic carbocycles. The molecular weight excluding hydrogens is 330 g/mol. The third-order valence-electron chi connectivity index (χ3n) is 4.36. The van der Waals surface area contributed by atoms with Gasteiger partial charge in [-0.15, -0.1) is 0 Å². The van der Waals surface area contributed by atoms with Crippen molar-refractivity contribution in [2.75, 3.05) is 37.6 Å². The van der Waals surface area contributed by atoms with Crippen molar-refractivity contribution in [3.05, 3.63) is 53.3 Å². The molecule has 1 aliphatic heterocycles. The number of benzene rings is 1. The van der Waals surface area contributed by atoms with Gasteiger partial charge in [-0.05, 0) is 25.0 Å². The molecule has 1 aliphatic rings. The number of nitrogens with zero attached hydrogens (tertiary/aromatic N) is 4. The standard InChI is InChI=1S/C19H23N5O2/c1-15-13-17(18(26)20-8-7-16-5-3-2-4-6-16)22-19(21-15)24-11-9-23(14-25)10-12-24/h2-6,13-14H,7-12H2,1H3,(H,20,26). The quantitative estimate of drug-likeness (QED) is 0.785. The zero-order valence-electron chi connectivity index (χ0n) is 14.9. The van der Waals surface area contributed by atoms with Gasteiger partial charge in [-0.2, -0.15) is 0 Å². The molecule has 7 heteroatoms. The van der Waals surface area contributed by atoms with Crippen LogP contribution in [0.4, 0.5) is 5.95 Å². The largest absolute Gasteiger partial charge is 0.350 e. The van der Waals surface area contributed by atoms with E-state index in [4.69, 9.17) is 0 Å². The van der Waals surface area contributed by atoms with Gasteiger partial charge in [0, 0.05) is 38.4 Å². The summed E-state index contributed by atoms with van der Waals surface area (Å²) in [5, 5.41) is 2.92. The number of hydrogen-bond donors (Lipinski definition) is 1. The maximum absolute atomic E-state index is 12.4. The molecule has 1 aromatic carbocycles. The zero-order valence-corrected chi connectivity index (χ0v) is 14.9. The Hall–Kier alpha value is -2.96. The Morgan fingerprint density at radius 2 is 1.88 bits per heavy atom. The number of hydrogen-bond acceptors (Lipinski definition) is 5. The van der Waals surface area contributed by atoms with Gasteiger partial charge in [-0.1, -0.05) is 30.3 Å². The number of carbonyl (C=O) groups is 2. The van der Waals surface area contributed by atoms with E-state index in [2.05, 4.69) is 15.3 Å². The Labute approximate surface area is 153 Å². The third kappa shape index (κ3) is 4.56. The third-order valence-corrected chi connectivity index (χ3v) is 4.36. The first-order valence-corrected chi connectivity index (χ1v) is 8.78. The molecule has 0 saturated carbocycles. The van der Waals surface area contributed by atoms with Gasteiger partial charge in [0.2, 0.25) is 12.4 Å². The van der Waals surface area contributed by atoms with Gasteiger partial charge in [-0.25, -0.2) is 9.97 Å². The highest BCUT2D eigenvalue weighted by Gasteiger charge is 2.19. The second kappa shape index (κ2) is 8.42. The van der Waals surface area contributed by atoms with Gasteiger partial charge in [0.15, 0.2) is 0 Å². The van der Waals surface area contributed by atoms with E-state index in [0.717, 1.165) is 18.5 Å². The number of piperazine rings is 1. The lowest BCUT2D eigenvalue weighted by molar-refractivity contribution is -0.118. The summed E-state index contributed by atoms with van der Waals surface area (Å²) in [6, 6.07) is 11.7. The first-order valence-electron chi connectivity index (χ1n) is 8.78. The molecule has 136 valence electrons. The van der Waals surface area contributed by atoms with E-state index in [0.29, 0.717) is 44.4 Å². The van der Waals surface area contributed by atoms with Crippen molar-refractivity contribution in [2.24, 2.45) is 0 Å². The molecule has 1 N–H and O–H groups in total. The highest BCUT2D eigenvalue weighted by Crippen LogP contribution is 2.13. The van der Waals surface area contributed by atoms with Crippen LogP contribution in [0.15, 0.2) is 36.4 Å². The van der Waals surface area contributed by atoms with Gasteiger partial charge in [0.1, 0.15) is 5.69 Å². The Morgan fingerprint density at radius 3 is 2.58 bits per heavy atom. The summed E-state index contributed by atoms with van der Waals surface area (Å²) in [5.41, 5.74) is 2.31. The van der Waals surface area contributed by atoms with Crippen molar-refractivity contribution >= 4 is 18.3 Å². The minimum absolute atomic E-state index is 0.195. The van der Waals surface area contributed by atoms with Gasteiger partial charge in [0.05, 0.1) is 0 Å². The van der Waals surface area contributed by atoms with E-state index in [1.807, 2.05) is 42.2 Å². The topological polar surface area (TPSA) is 78.4 Å². The molecule has 26 heavy (non-hydrogen) atoms. The second-order valence-electron chi connectivity index (χ2n) is 6.31. The van der Waals surface area contributed by atoms with Gasteiger partial charge in [-0.3, -0.25) is 9.59 Å². The van der Waals surface area contributed by atoms with Crippen LogP contribution in [0.5, 0.6) is 0 Å². The summed E-state index contributed by atoms with van der Waals surface area (Å²) in [4.78, 5) is 35.9. The average Bonchev–Trinajstić information content (AvgIpc) is 2.68. The Kier molecular flexibility index (Phi) is 5.78. The molecule has 0 unspecified atom stereocenters. The van der Waals surface area contributed by atoms with Crippen molar-refractivity contribution in [3.8, 4) is 0 Å². The molecule has 2 aromatic rings. The highest BCUT2D eigenvalue weighted by atomic mass is 16.2. The van der Waals surface area contributed by atoms with Gasteiger partial charge in [0.25, 0.3) is 5.91 Å². The molecule has 1 aromatic heterocycles. The van der Waals surface area contributed by atoms with Crippen molar-refractivity contribution in [1.82, 2.24) is 20.2 Å². The lowest BCUT2D eigenvalue weighted by Gasteiger charge is -2.32. The smallest absolute Gasteiger partial charge is 0.270 e. The fourth-order valence-electron chi connectivity index (χ4n) is 2.89. The van der Waals surface area contributed by atoms with Crippen LogP contribution >= 0.6 is 0 Å². The van der Waals surface area contributed by atoms with Crippen LogP contribution in [0.25, 0.3) is 0 Å². The fraction of sp³-hybridized carbons (Fsp3) is 0.368.